The number of rotatable bonds is 5. The lowest BCUT2D eigenvalue weighted by atomic mass is 10.1. The van der Waals surface area contributed by atoms with Crippen LogP contribution < -0.4 is 5.32 Å². The summed E-state index contributed by atoms with van der Waals surface area (Å²) in [6.45, 7) is 3.05. The van der Waals surface area contributed by atoms with Crippen LogP contribution in [0.5, 0.6) is 0 Å². The van der Waals surface area contributed by atoms with Gasteiger partial charge in [-0.1, -0.05) is 18.2 Å². The van der Waals surface area contributed by atoms with E-state index in [1.165, 1.54) is 6.20 Å². The third-order valence-corrected chi connectivity index (χ3v) is 3.19. The number of nitrogens with zero attached hydrogens (tertiary/aromatic N) is 1. The van der Waals surface area contributed by atoms with Crippen molar-refractivity contribution < 1.29 is 9.53 Å². The molecule has 104 valence electrons. The average molecular weight is 335 g/mol. The standard InChI is InChI=1S/C15H15BrN2O2/c1-2-20-10-12-5-3-4-6-13(12)18-15(19)11-7-8-14(16)17-9-11/h3-9H,2,10H2,1H3,(H,18,19). The van der Waals surface area contributed by atoms with Crippen LogP contribution in [0.1, 0.15) is 22.8 Å². The zero-order chi connectivity index (χ0) is 14.4. The first-order chi connectivity index (χ1) is 9.70. The van der Waals surface area contributed by atoms with Gasteiger partial charge in [-0.15, -0.1) is 0 Å². The lowest BCUT2D eigenvalue weighted by Crippen LogP contribution is -2.13. The van der Waals surface area contributed by atoms with Crippen molar-refractivity contribution in [1.29, 1.82) is 0 Å². The fourth-order valence-electron chi connectivity index (χ4n) is 1.68. The molecule has 1 N–H and O–H groups in total. The van der Waals surface area contributed by atoms with E-state index >= 15 is 0 Å². The molecule has 20 heavy (non-hydrogen) atoms. The summed E-state index contributed by atoms with van der Waals surface area (Å²) in [5.74, 6) is -0.186. The number of halogens is 1. The Morgan fingerprint density at radius 2 is 2.10 bits per heavy atom. The van der Waals surface area contributed by atoms with Gasteiger partial charge in [0.15, 0.2) is 0 Å². The normalized spacial score (nSPS) is 10.3. The molecule has 0 radical (unpaired) electrons. The molecule has 0 bridgehead atoms. The van der Waals surface area contributed by atoms with Gasteiger partial charge in [-0.05, 0) is 41.1 Å². The molecule has 0 fully saturated rings. The summed E-state index contributed by atoms with van der Waals surface area (Å²) in [5, 5.41) is 2.88. The first kappa shape index (κ1) is 14.7. The minimum Gasteiger partial charge on any atom is -0.377 e. The van der Waals surface area contributed by atoms with Crippen LogP contribution in [0.2, 0.25) is 0 Å². The maximum atomic E-state index is 12.1. The molecule has 1 amide bonds. The quantitative estimate of drug-likeness (QED) is 0.849. The van der Waals surface area contributed by atoms with Crippen LogP contribution in [-0.4, -0.2) is 17.5 Å². The van der Waals surface area contributed by atoms with E-state index in [1.807, 2.05) is 31.2 Å². The minimum absolute atomic E-state index is 0.186. The molecule has 0 saturated carbocycles. The van der Waals surface area contributed by atoms with Crippen molar-refractivity contribution in [2.75, 3.05) is 11.9 Å². The lowest BCUT2D eigenvalue weighted by Gasteiger charge is -2.11. The maximum absolute atomic E-state index is 12.1. The third-order valence-electron chi connectivity index (χ3n) is 2.72. The highest BCUT2D eigenvalue weighted by Crippen LogP contribution is 2.17. The summed E-state index contributed by atoms with van der Waals surface area (Å²) >= 11 is 3.24. The molecule has 1 aromatic heterocycles. The fraction of sp³-hybridized carbons (Fsp3) is 0.200. The molecule has 0 aliphatic rings. The van der Waals surface area contributed by atoms with E-state index < -0.39 is 0 Å². The second-order valence-corrected chi connectivity index (χ2v) is 4.93. The van der Waals surface area contributed by atoms with Gasteiger partial charge in [0.25, 0.3) is 5.91 Å². The van der Waals surface area contributed by atoms with Gasteiger partial charge < -0.3 is 10.1 Å². The molecule has 5 heteroatoms. The van der Waals surface area contributed by atoms with Crippen molar-refractivity contribution >= 4 is 27.5 Å². The Morgan fingerprint density at radius 1 is 1.30 bits per heavy atom. The number of hydrogen-bond donors (Lipinski definition) is 1. The minimum atomic E-state index is -0.186. The highest BCUT2D eigenvalue weighted by Gasteiger charge is 2.09. The van der Waals surface area contributed by atoms with Crippen LogP contribution in [0.3, 0.4) is 0 Å². The monoisotopic (exact) mass is 334 g/mol. The first-order valence-corrected chi connectivity index (χ1v) is 7.08. The SMILES string of the molecule is CCOCc1ccccc1NC(=O)c1ccc(Br)nc1. The van der Waals surface area contributed by atoms with Gasteiger partial charge in [-0.3, -0.25) is 4.79 Å². The summed E-state index contributed by atoms with van der Waals surface area (Å²) in [5.41, 5.74) is 2.22. The molecule has 4 nitrogen and oxygen atoms in total. The predicted molar refractivity (Wildman–Crippen MR) is 81.7 cm³/mol. The third kappa shape index (κ3) is 3.88. The number of pyridine rings is 1. The smallest absolute Gasteiger partial charge is 0.257 e. The Bertz CT molecular complexity index is 585. The fourth-order valence-corrected chi connectivity index (χ4v) is 1.92. The van der Waals surface area contributed by atoms with Gasteiger partial charge in [-0.25, -0.2) is 4.98 Å². The Labute approximate surface area is 126 Å². The van der Waals surface area contributed by atoms with Crippen molar-refractivity contribution in [3.05, 3.63) is 58.3 Å². The van der Waals surface area contributed by atoms with E-state index in [0.29, 0.717) is 23.4 Å². The zero-order valence-corrected chi connectivity index (χ0v) is 12.7. The van der Waals surface area contributed by atoms with Crippen molar-refractivity contribution in [3.63, 3.8) is 0 Å². The Balaban J connectivity index is 2.13. The molecule has 1 heterocycles. The Morgan fingerprint density at radius 3 is 2.80 bits per heavy atom. The number of anilines is 1. The highest BCUT2D eigenvalue weighted by molar-refractivity contribution is 9.10. The van der Waals surface area contributed by atoms with Gasteiger partial charge >= 0.3 is 0 Å². The first-order valence-electron chi connectivity index (χ1n) is 6.29. The van der Waals surface area contributed by atoms with E-state index in [0.717, 1.165) is 11.3 Å². The summed E-state index contributed by atoms with van der Waals surface area (Å²) in [6.07, 6.45) is 1.53. The van der Waals surface area contributed by atoms with Gasteiger partial charge in [0, 0.05) is 24.1 Å². The topological polar surface area (TPSA) is 51.2 Å². The average Bonchev–Trinajstić information content (AvgIpc) is 2.47. The summed E-state index contributed by atoms with van der Waals surface area (Å²) < 4.78 is 6.09. The second-order valence-electron chi connectivity index (χ2n) is 4.12. The number of nitrogens with one attached hydrogen (secondary N) is 1. The molecule has 0 saturated heterocycles. The zero-order valence-electron chi connectivity index (χ0n) is 11.1. The molecule has 0 spiro atoms. The van der Waals surface area contributed by atoms with Crippen molar-refractivity contribution in [2.24, 2.45) is 0 Å². The van der Waals surface area contributed by atoms with Crippen LogP contribution in [0.15, 0.2) is 47.2 Å². The predicted octanol–water partition coefficient (Wildman–Crippen LogP) is 3.63. The number of hydrogen-bond acceptors (Lipinski definition) is 3. The van der Waals surface area contributed by atoms with E-state index in [-0.39, 0.29) is 5.91 Å². The van der Waals surface area contributed by atoms with E-state index in [2.05, 4.69) is 26.2 Å². The number of amides is 1. The number of para-hydroxylation sites is 1. The van der Waals surface area contributed by atoms with Gasteiger partial charge in [-0.2, -0.15) is 0 Å². The largest absolute Gasteiger partial charge is 0.377 e. The van der Waals surface area contributed by atoms with Crippen LogP contribution in [0.4, 0.5) is 5.69 Å². The molecule has 1 aromatic carbocycles. The van der Waals surface area contributed by atoms with Gasteiger partial charge in [0.1, 0.15) is 4.60 Å². The number of carbonyl (C=O) groups is 1. The maximum Gasteiger partial charge on any atom is 0.257 e. The van der Waals surface area contributed by atoms with Crippen molar-refractivity contribution in [3.8, 4) is 0 Å². The highest BCUT2D eigenvalue weighted by atomic mass is 79.9. The summed E-state index contributed by atoms with van der Waals surface area (Å²) in [7, 11) is 0. The Kier molecular flexibility index (Phi) is 5.26. The van der Waals surface area contributed by atoms with Gasteiger partial charge in [0.05, 0.1) is 12.2 Å². The van der Waals surface area contributed by atoms with Crippen molar-refractivity contribution in [1.82, 2.24) is 4.98 Å². The molecule has 0 atom stereocenters. The molecule has 0 unspecified atom stereocenters. The van der Waals surface area contributed by atoms with Crippen LogP contribution in [0.25, 0.3) is 0 Å². The number of aromatic nitrogens is 1. The number of carbonyl (C=O) groups excluding carboxylic acids is 1. The molecule has 0 aliphatic heterocycles. The van der Waals surface area contributed by atoms with E-state index in [1.54, 1.807) is 12.1 Å². The van der Waals surface area contributed by atoms with Gasteiger partial charge in [0.2, 0.25) is 0 Å². The van der Waals surface area contributed by atoms with Crippen molar-refractivity contribution in [2.45, 2.75) is 13.5 Å². The van der Waals surface area contributed by atoms with E-state index in [9.17, 15) is 4.79 Å². The number of ether oxygens (including phenoxy) is 1. The van der Waals surface area contributed by atoms with Crippen LogP contribution >= 0.6 is 15.9 Å². The van der Waals surface area contributed by atoms with Crippen LogP contribution in [-0.2, 0) is 11.3 Å². The summed E-state index contributed by atoms with van der Waals surface area (Å²) in [6, 6.07) is 11.1. The molecular formula is C15H15BrN2O2. The lowest BCUT2D eigenvalue weighted by molar-refractivity contribution is 0.102. The molecule has 0 aliphatic carbocycles. The van der Waals surface area contributed by atoms with Crippen LogP contribution in [0, 0.1) is 0 Å². The number of benzene rings is 1. The molecule has 2 aromatic rings. The van der Waals surface area contributed by atoms with E-state index in [4.69, 9.17) is 4.74 Å². The Hall–Kier alpha value is -1.72. The molecule has 2 rings (SSSR count). The second kappa shape index (κ2) is 7.17. The molecular weight excluding hydrogens is 320 g/mol. The summed E-state index contributed by atoms with van der Waals surface area (Å²) in [4.78, 5) is 16.2.